The number of thiazole rings is 1. The second-order valence-corrected chi connectivity index (χ2v) is 8.29. The molecule has 1 heterocycles. The standard InChI is InChI=1S/C23H27N3O4S/c1-5-17-21(31-13(2)25-17)22(27)26-18-11-14-10-15(23(28)30-4)12-19(29-3)20(14)16(18)8-6-7-9-24/h6-7,10-12,16H,5,8-9,24H2,1-4H3,(H,26,27)/b7-6+. The first kappa shape index (κ1) is 22.7. The third-order valence-electron chi connectivity index (χ3n) is 5.13. The maximum absolute atomic E-state index is 13.1. The number of amides is 1. The Morgan fingerprint density at radius 2 is 2.06 bits per heavy atom. The Hall–Kier alpha value is -2.97. The minimum Gasteiger partial charge on any atom is -0.496 e. The van der Waals surface area contributed by atoms with E-state index in [9.17, 15) is 9.59 Å². The van der Waals surface area contributed by atoms with Crippen LogP contribution in [0.25, 0.3) is 6.08 Å². The lowest BCUT2D eigenvalue weighted by molar-refractivity contribution is 0.0600. The molecule has 1 aliphatic carbocycles. The molecule has 0 aliphatic heterocycles. The van der Waals surface area contributed by atoms with Gasteiger partial charge in [-0.3, -0.25) is 4.79 Å². The van der Waals surface area contributed by atoms with Crippen molar-refractivity contribution in [1.82, 2.24) is 10.3 Å². The number of ether oxygens (including phenoxy) is 2. The van der Waals surface area contributed by atoms with Gasteiger partial charge in [-0.1, -0.05) is 19.1 Å². The second kappa shape index (κ2) is 9.89. The van der Waals surface area contributed by atoms with Gasteiger partial charge in [-0.2, -0.15) is 0 Å². The normalized spacial score (nSPS) is 15.0. The molecular formula is C23H27N3O4S. The van der Waals surface area contributed by atoms with Gasteiger partial charge in [0.05, 0.1) is 30.5 Å². The van der Waals surface area contributed by atoms with Gasteiger partial charge in [-0.05, 0) is 43.5 Å². The van der Waals surface area contributed by atoms with Crippen molar-refractivity contribution in [1.29, 1.82) is 0 Å². The predicted molar refractivity (Wildman–Crippen MR) is 122 cm³/mol. The van der Waals surface area contributed by atoms with Crippen molar-refractivity contribution >= 4 is 29.3 Å². The lowest BCUT2D eigenvalue weighted by Gasteiger charge is -2.19. The lowest BCUT2D eigenvalue weighted by Crippen LogP contribution is -2.25. The van der Waals surface area contributed by atoms with E-state index < -0.39 is 5.97 Å². The summed E-state index contributed by atoms with van der Waals surface area (Å²) >= 11 is 1.39. The van der Waals surface area contributed by atoms with Gasteiger partial charge >= 0.3 is 5.97 Å². The Labute approximate surface area is 186 Å². The summed E-state index contributed by atoms with van der Waals surface area (Å²) in [6.45, 7) is 4.31. The second-order valence-electron chi connectivity index (χ2n) is 7.08. The van der Waals surface area contributed by atoms with Crippen LogP contribution in [0.15, 0.2) is 30.0 Å². The quantitative estimate of drug-likeness (QED) is 0.479. The maximum atomic E-state index is 13.1. The van der Waals surface area contributed by atoms with E-state index in [1.807, 2.05) is 32.1 Å². The Bertz CT molecular complexity index is 1060. The SMILES string of the molecule is CCc1nc(C)sc1C(=O)NC1=Cc2cc(C(=O)OC)cc(OC)c2C1C/C=C/CN. The third kappa shape index (κ3) is 4.70. The molecule has 1 amide bonds. The van der Waals surface area contributed by atoms with Crippen LogP contribution in [0, 0.1) is 6.92 Å². The van der Waals surface area contributed by atoms with Crippen LogP contribution < -0.4 is 15.8 Å². The highest BCUT2D eigenvalue weighted by atomic mass is 32.1. The molecule has 1 aliphatic rings. The number of nitrogens with one attached hydrogen (secondary N) is 1. The van der Waals surface area contributed by atoms with Gasteiger partial charge in [-0.15, -0.1) is 11.3 Å². The number of rotatable bonds is 8. The molecule has 0 spiro atoms. The molecular weight excluding hydrogens is 414 g/mol. The zero-order chi connectivity index (χ0) is 22.5. The van der Waals surface area contributed by atoms with Crippen LogP contribution in [0.4, 0.5) is 0 Å². The fraction of sp³-hybridized carbons (Fsp3) is 0.348. The van der Waals surface area contributed by atoms with E-state index in [-0.39, 0.29) is 11.8 Å². The molecule has 0 bridgehead atoms. The smallest absolute Gasteiger partial charge is 0.338 e. The van der Waals surface area contributed by atoms with E-state index in [0.717, 1.165) is 27.5 Å². The average molecular weight is 442 g/mol. The van der Waals surface area contributed by atoms with Crippen LogP contribution in [0.5, 0.6) is 5.75 Å². The number of methoxy groups -OCH3 is 2. The highest BCUT2D eigenvalue weighted by Crippen LogP contribution is 2.44. The summed E-state index contributed by atoms with van der Waals surface area (Å²) in [7, 11) is 2.90. The first-order chi connectivity index (χ1) is 14.9. The Balaban J connectivity index is 2.01. The van der Waals surface area contributed by atoms with Gasteiger partial charge in [0.1, 0.15) is 10.6 Å². The third-order valence-corrected chi connectivity index (χ3v) is 6.14. The molecule has 1 aromatic carbocycles. The number of hydrogen-bond donors (Lipinski definition) is 2. The molecule has 1 aromatic heterocycles. The number of carbonyl (C=O) groups excluding carboxylic acids is 2. The molecule has 0 saturated carbocycles. The van der Waals surface area contributed by atoms with Crippen molar-refractivity contribution in [2.45, 2.75) is 32.6 Å². The van der Waals surface area contributed by atoms with E-state index in [1.165, 1.54) is 18.4 Å². The fourth-order valence-corrected chi connectivity index (χ4v) is 4.64. The van der Waals surface area contributed by atoms with Crippen molar-refractivity contribution in [3.8, 4) is 5.75 Å². The molecule has 8 heteroatoms. The van der Waals surface area contributed by atoms with Crippen LogP contribution in [-0.2, 0) is 11.2 Å². The number of aryl methyl sites for hydroxylation is 2. The number of aromatic nitrogens is 1. The molecule has 0 radical (unpaired) electrons. The average Bonchev–Trinajstić information content (AvgIpc) is 3.32. The number of allylic oxidation sites excluding steroid dienone is 2. The number of nitrogens with zero attached hydrogens (tertiary/aromatic N) is 1. The molecule has 1 atom stereocenters. The highest BCUT2D eigenvalue weighted by Gasteiger charge is 2.31. The van der Waals surface area contributed by atoms with Crippen LogP contribution in [0.2, 0.25) is 0 Å². The summed E-state index contributed by atoms with van der Waals surface area (Å²) in [6, 6.07) is 3.43. The molecule has 164 valence electrons. The van der Waals surface area contributed by atoms with E-state index in [4.69, 9.17) is 15.2 Å². The Kier molecular flexibility index (Phi) is 7.25. The van der Waals surface area contributed by atoms with Crippen molar-refractivity contribution in [2.24, 2.45) is 5.73 Å². The molecule has 3 N–H and O–H groups in total. The van der Waals surface area contributed by atoms with Crippen molar-refractivity contribution in [2.75, 3.05) is 20.8 Å². The van der Waals surface area contributed by atoms with E-state index >= 15 is 0 Å². The van der Waals surface area contributed by atoms with Gasteiger partial charge in [-0.25, -0.2) is 9.78 Å². The van der Waals surface area contributed by atoms with Gasteiger partial charge in [0, 0.05) is 23.7 Å². The van der Waals surface area contributed by atoms with Gasteiger partial charge in [0.15, 0.2) is 0 Å². The predicted octanol–water partition coefficient (Wildman–Crippen LogP) is 3.58. The zero-order valence-electron chi connectivity index (χ0n) is 18.2. The summed E-state index contributed by atoms with van der Waals surface area (Å²) in [6.07, 6.45) is 7.08. The summed E-state index contributed by atoms with van der Waals surface area (Å²) in [4.78, 5) is 30.2. The Morgan fingerprint density at radius 3 is 2.71 bits per heavy atom. The highest BCUT2D eigenvalue weighted by molar-refractivity contribution is 7.13. The molecule has 31 heavy (non-hydrogen) atoms. The monoisotopic (exact) mass is 441 g/mol. The van der Waals surface area contributed by atoms with Gasteiger partial charge in [0.2, 0.25) is 0 Å². The minimum atomic E-state index is -0.445. The van der Waals surface area contributed by atoms with Crippen molar-refractivity contribution in [3.05, 3.63) is 62.3 Å². The molecule has 2 aromatic rings. The van der Waals surface area contributed by atoms with Gasteiger partial charge in [0.25, 0.3) is 5.91 Å². The summed E-state index contributed by atoms with van der Waals surface area (Å²) in [5.74, 6) is -0.185. The maximum Gasteiger partial charge on any atom is 0.338 e. The lowest BCUT2D eigenvalue weighted by atomic mass is 9.93. The number of carbonyl (C=O) groups is 2. The fourth-order valence-electron chi connectivity index (χ4n) is 3.74. The number of esters is 1. The van der Waals surface area contributed by atoms with Crippen LogP contribution in [0.1, 0.15) is 61.1 Å². The molecule has 3 rings (SSSR count). The minimum absolute atomic E-state index is 0.137. The Morgan fingerprint density at radius 1 is 1.29 bits per heavy atom. The first-order valence-electron chi connectivity index (χ1n) is 10.1. The first-order valence-corrected chi connectivity index (χ1v) is 10.9. The molecule has 0 saturated heterocycles. The number of nitrogens with two attached hydrogens (primary N) is 1. The number of fused-ring (bicyclic) bond motifs is 1. The zero-order valence-corrected chi connectivity index (χ0v) is 19.0. The van der Waals surface area contributed by atoms with Crippen molar-refractivity contribution < 1.29 is 19.1 Å². The van der Waals surface area contributed by atoms with Crippen LogP contribution in [0.3, 0.4) is 0 Å². The van der Waals surface area contributed by atoms with E-state index in [2.05, 4.69) is 10.3 Å². The number of benzene rings is 1. The molecule has 0 fully saturated rings. The summed E-state index contributed by atoms with van der Waals surface area (Å²) in [5, 5.41) is 3.94. The van der Waals surface area contributed by atoms with Gasteiger partial charge < -0.3 is 20.5 Å². The summed E-state index contributed by atoms with van der Waals surface area (Å²) in [5.41, 5.74) is 9.27. The van der Waals surface area contributed by atoms with E-state index in [0.29, 0.717) is 35.6 Å². The van der Waals surface area contributed by atoms with Crippen molar-refractivity contribution in [3.63, 3.8) is 0 Å². The largest absolute Gasteiger partial charge is 0.496 e. The van der Waals surface area contributed by atoms with Crippen LogP contribution >= 0.6 is 11.3 Å². The summed E-state index contributed by atoms with van der Waals surface area (Å²) < 4.78 is 10.5. The topological polar surface area (TPSA) is 104 Å². The van der Waals surface area contributed by atoms with Crippen LogP contribution in [-0.4, -0.2) is 37.6 Å². The molecule has 1 unspecified atom stereocenters. The molecule has 7 nitrogen and oxygen atoms in total. The van der Waals surface area contributed by atoms with E-state index in [1.54, 1.807) is 19.2 Å². The number of hydrogen-bond acceptors (Lipinski definition) is 7.